The zero-order valence-electron chi connectivity index (χ0n) is 25.8. The number of carbonyl (C=O) groups excluding carboxylic acids is 5. The van der Waals surface area contributed by atoms with Crippen LogP contribution in [0.1, 0.15) is 55.4 Å². The maximum atomic E-state index is 13.2. The molecule has 0 aromatic carbocycles. The fourth-order valence-corrected chi connectivity index (χ4v) is 5.58. The molecule has 4 fully saturated rings. The van der Waals surface area contributed by atoms with Crippen LogP contribution in [-0.4, -0.2) is 116 Å². The third-order valence-corrected chi connectivity index (χ3v) is 6.98. The average Bonchev–Trinajstić information content (AvgIpc) is 3.37. The van der Waals surface area contributed by atoms with E-state index in [1.807, 2.05) is 0 Å². The Kier molecular flexibility index (Phi) is 10.1. The number of amides is 2. The second-order valence-electron chi connectivity index (χ2n) is 11.7. The van der Waals surface area contributed by atoms with Crippen molar-refractivity contribution in [1.82, 2.24) is 10.6 Å². The Labute approximate surface area is 253 Å². The molecule has 2 N–H and O–H groups in total. The lowest BCUT2D eigenvalue weighted by atomic mass is 9.97. The summed E-state index contributed by atoms with van der Waals surface area (Å²) in [4.78, 5) is 60.7. The van der Waals surface area contributed by atoms with Crippen LogP contribution in [0.3, 0.4) is 0 Å². The summed E-state index contributed by atoms with van der Waals surface area (Å²) in [6.07, 6.45) is -10.1. The van der Waals surface area contributed by atoms with Gasteiger partial charge in [-0.3, -0.25) is 19.2 Å². The van der Waals surface area contributed by atoms with E-state index >= 15 is 0 Å². The molecule has 0 bridgehead atoms. The molecule has 0 aliphatic carbocycles. The van der Waals surface area contributed by atoms with Gasteiger partial charge in [0.1, 0.15) is 37.1 Å². The Morgan fingerprint density at radius 3 is 1.80 bits per heavy atom. The van der Waals surface area contributed by atoms with Crippen LogP contribution in [0.25, 0.3) is 0 Å². The largest absolute Gasteiger partial charge is 0.463 e. The van der Waals surface area contributed by atoms with E-state index in [9.17, 15) is 24.0 Å². The van der Waals surface area contributed by atoms with E-state index in [1.54, 1.807) is 27.7 Å². The highest BCUT2D eigenvalue weighted by Gasteiger charge is 2.60. The molecular formula is C27H40N2O15. The molecule has 17 heteroatoms. The van der Waals surface area contributed by atoms with Gasteiger partial charge in [0.15, 0.2) is 42.4 Å². The van der Waals surface area contributed by atoms with E-state index in [1.165, 1.54) is 0 Å². The van der Waals surface area contributed by atoms with Crippen LogP contribution in [0, 0.1) is 0 Å². The summed E-state index contributed by atoms with van der Waals surface area (Å²) >= 11 is 0. The first-order valence-corrected chi connectivity index (χ1v) is 14.2. The van der Waals surface area contributed by atoms with Gasteiger partial charge < -0.3 is 58.0 Å². The van der Waals surface area contributed by atoms with Crippen LogP contribution < -0.4 is 10.6 Å². The standard InChI is InChI=1S/C27H40N2O15/c1-11(30)35-10-16-17(36-12(2)31)19(37-13(3)32)21(38-14(4)33)23(39-16)29-25(34)28-9-15-18-20(42-26(5,6)41-18)22-24(40-15)44-27(7,8)43-22/h15-24H,9-10H2,1-8H3,(H2,28,29,34)/t15-,16-,17-,18+,19+,20+,21-,22-,23+,24-/m1/s1. The molecule has 4 aliphatic rings. The first-order chi connectivity index (χ1) is 20.4. The van der Waals surface area contributed by atoms with E-state index in [-0.39, 0.29) is 6.54 Å². The first kappa shape index (κ1) is 33.8. The summed E-state index contributed by atoms with van der Waals surface area (Å²) in [5.41, 5.74) is 0. The Hall–Kier alpha value is -3.09. The molecule has 0 aromatic rings. The molecule has 4 heterocycles. The number of urea groups is 1. The molecule has 0 aromatic heterocycles. The molecule has 44 heavy (non-hydrogen) atoms. The first-order valence-electron chi connectivity index (χ1n) is 14.2. The normalized spacial score (nSPS) is 36.6. The predicted octanol–water partition coefficient (Wildman–Crippen LogP) is -0.235. The van der Waals surface area contributed by atoms with Crippen molar-refractivity contribution in [2.45, 2.75) is 128 Å². The Balaban J connectivity index is 1.50. The summed E-state index contributed by atoms with van der Waals surface area (Å²) in [5.74, 6) is -4.92. The highest BCUT2D eigenvalue weighted by Crippen LogP contribution is 2.44. The Bertz CT molecular complexity index is 1130. The second-order valence-corrected chi connectivity index (χ2v) is 11.7. The number of hydrogen-bond donors (Lipinski definition) is 2. The predicted molar refractivity (Wildman–Crippen MR) is 141 cm³/mol. The Morgan fingerprint density at radius 2 is 1.18 bits per heavy atom. The van der Waals surface area contributed by atoms with Crippen molar-refractivity contribution in [1.29, 1.82) is 0 Å². The lowest BCUT2D eigenvalue weighted by Crippen LogP contribution is -2.67. The van der Waals surface area contributed by atoms with E-state index in [4.69, 9.17) is 47.4 Å². The lowest BCUT2D eigenvalue weighted by molar-refractivity contribution is -0.255. The van der Waals surface area contributed by atoms with Gasteiger partial charge in [-0.05, 0) is 27.7 Å². The van der Waals surface area contributed by atoms with Crippen molar-refractivity contribution in [2.24, 2.45) is 0 Å². The molecule has 0 spiro atoms. The molecule has 4 rings (SSSR count). The molecule has 2 amide bonds. The number of hydrogen-bond acceptors (Lipinski definition) is 15. The van der Waals surface area contributed by atoms with Gasteiger partial charge in [-0.25, -0.2) is 4.79 Å². The van der Waals surface area contributed by atoms with Crippen molar-refractivity contribution in [3.05, 3.63) is 0 Å². The van der Waals surface area contributed by atoms with Crippen LogP contribution in [0.2, 0.25) is 0 Å². The molecule has 0 unspecified atom stereocenters. The quantitative estimate of drug-likeness (QED) is 0.262. The van der Waals surface area contributed by atoms with Crippen LogP contribution in [0.5, 0.6) is 0 Å². The SMILES string of the molecule is CC(=O)OC[C@H]1O[C@H](NC(=O)NC[C@H]2O[C@@H]3OC(C)(C)O[C@@H]3[C@H]3OC(C)(C)O[C@H]32)[C@H](OC(C)=O)[C@@H](OC(C)=O)[C@@H]1OC(C)=O. The minimum atomic E-state index is -1.46. The number of nitrogens with one attached hydrogen (secondary N) is 2. The molecule has 0 radical (unpaired) electrons. The number of carbonyl (C=O) groups is 5. The number of fused-ring (bicyclic) bond motifs is 3. The highest BCUT2D eigenvalue weighted by molar-refractivity contribution is 5.74. The van der Waals surface area contributed by atoms with Gasteiger partial charge in [-0.1, -0.05) is 0 Å². The minimum Gasteiger partial charge on any atom is -0.463 e. The molecule has 10 atom stereocenters. The Morgan fingerprint density at radius 1 is 0.636 bits per heavy atom. The van der Waals surface area contributed by atoms with Gasteiger partial charge in [0, 0.05) is 34.2 Å². The number of rotatable bonds is 8. The van der Waals surface area contributed by atoms with Gasteiger partial charge in [-0.15, -0.1) is 0 Å². The fraction of sp³-hybridized carbons (Fsp3) is 0.815. The van der Waals surface area contributed by atoms with Gasteiger partial charge >= 0.3 is 29.9 Å². The maximum Gasteiger partial charge on any atom is 0.317 e. The minimum absolute atomic E-state index is 0.0786. The third-order valence-electron chi connectivity index (χ3n) is 6.98. The average molecular weight is 633 g/mol. The van der Waals surface area contributed by atoms with Crippen molar-refractivity contribution in [3.8, 4) is 0 Å². The van der Waals surface area contributed by atoms with Gasteiger partial charge in [0.2, 0.25) is 0 Å². The monoisotopic (exact) mass is 632 g/mol. The van der Waals surface area contributed by atoms with E-state index < -0.39 is 109 Å². The highest BCUT2D eigenvalue weighted by atomic mass is 16.9. The smallest absolute Gasteiger partial charge is 0.317 e. The van der Waals surface area contributed by atoms with Gasteiger partial charge in [-0.2, -0.15) is 0 Å². The molecule has 0 saturated carbocycles. The van der Waals surface area contributed by atoms with Crippen LogP contribution in [-0.2, 0) is 66.5 Å². The van der Waals surface area contributed by atoms with Crippen molar-refractivity contribution < 1.29 is 71.3 Å². The van der Waals surface area contributed by atoms with Crippen molar-refractivity contribution in [3.63, 3.8) is 0 Å². The molecule has 17 nitrogen and oxygen atoms in total. The summed E-state index contributed by atoms with van der Waals surface area (Å²) in [5, 5.41) is 5.21. The van der Waals surface area contributed by atoms with Crippen LogP contribution >= 0.6 is 0 Å². The molecule has 4 saturated heterocycles. The molecular weight excluding hydrogens is 592 g/mol. The molecule has 248 valence electrons. The fourth-order valence-electron chi connectivity index (χ4n) is 5.58. The maximum absolute atomic E-state index is 13.2. The van der Waals surface area contributed by atoms with E-state index in [2.05, 4.69) is 10.6 Å². The second kappa shape index (κ2) is 13.1. The molecule has 4 aliphatic heterocycles. The van der Waals surface area contributed by atoms with E-state index in [0.29, 0.717) is 0 Å². The zero-order chi connectivity index (χ0) is 32.6. The van der Waals surface area contributed by atoms with E-state index in [0.717, 1.165) is 27.7 Å². The van der Waals surface area contributed by atoms with Crippen LogP contribution in [0.15, 0.2) is 0 Å². The summed E-state index contributed by atoms with van der Waals surface area (Å²) in [6, 6.07) is -0.796. The summed E-state index contributed by atoms with van der Waals surface area (Å²) in [6.45, 7) is 10.9. The number of esters is 4. The van der Waals surface area contributed by atoms with Gasteiger partial charge in [0.25, 0.3) is 0 Å². The summed E-state index contributed by atoms with van der Waals surface area (Å²) < 4.78 is 57.2. The summed E-state index contributed by atoms with van der Waals surface area (Å²) in [7, 11) is 0. The van der Waals surface area contributed by atoms with Gasteiger partial charge in [0.05, 0.1) is 0 Å². The lowest BCUT2D eigenvalue weighted by Gasteiger charge is -2.44. The number of ether oxygens (including phenoxy) is 10. The topological polar surface area (TPSA) is 202 Å². The van der Waals surface area contributed by atoms with Crippen LogP contribution in [0.4, 0.5) is 4.79 Å². The third kappa shape index (κ3) is 8.13. The van der Waals surface area contributed by atoms with Crippen molar-refractivity contribution in [2.75, 3.05) is 13.2 Å². The van der Waals surface area contributed by atoms with Crippen molar-refractivity contribution >= 4 is 29.9 Å². The zero-order valence-corrected chi connectivity index (χ0v) is 25.8.